The highest BCUT2D eigenvalue weighted by molar-refractivity contribution is 7.99. The molecule has 0 spiro atoms. The van der Waals surface area contributed by atoms with Crippen LogP contribution < -0.4 is 10.1 Å². The lowest BCUT2D eigenvalue weighted by Crippen LogP contribution is -2.15. The second-order valence-electron chi connectivity index (χ2n) is 5.83. The number of hydrogen-bond acceptors (Lipinski definition) is 6. The van der Waals surface area contributed by atoms with E-state index in [0.717, 1.165) is 5.75 Å². The zero-order chi connectivity index (χ0) is 19.2. The minimum absolute atomic E-state index is 0.0312. The number of phenols is 1. The van der Waals surface area contributed by atoms with Crippen LogP contribution in [-0.2, 0) is 11.8 Å². The Balaban J connectivity index is 1.58. The third-order valence-electron chi connectivity index (χ3n) is 3.80. The van der Waals surface area contributed by atoms with E-state index in [4.69, 9.17) is 4.74 Å². The van der Waals surface area contributed by atoms with Crippen LogP contribution in [0.5, 0.6) is 11.5 Å². The summed E-state index contributed by atoms with van der Waals surface area (Å²) in [6.45, 7) is 1.90. The first-order valence-corrected chi connectivity index (χ1v) is 9.35. The van der Waals surface area contributed by atoms with Crippen molar-refractivity contribution < 1.29 is 14.6 Å². The number of benzene rings is 2. The number of para-hydroxylation sites is 3. The number of nitrogens with one attached hydrogen (secondary N) is 1. The topological polar surface area (TPSA) is 89.3 Å². The molecule has 0 aliphatic rings. The van der Waals surface area contributed by atoms with Crippen LogP contribution in [-0.4, -0.2) is 31.5 Å². The molecule has 0 saturated carbocycles. The average molecular weight is 384 g/mol. The molecule has 140 valence electrons. The average Bonchev–Trinajstić information content (AvgIpc) is 3.03. The molecule has 27 heavy (non-hydrogen) atoms. The Morgan fingerprint density at radius 3 is 2.63 bits per heavy atom. The van der Waals surface area contributed by atoms with Crippen LogP contribution in [0.4, 0.5) is 5.69 Å². The zero-order valence-corrected chi connectivity index (χ0v) is 15.8. The smallest absolute Gasteiger partial charge is 0.234 e. The van der Waals surface area contributed by atoms with Gasteiger partial charge in [0, 0.05) is 7.05 Å². The fraction of sp³-hybridized carbons (Fsp3) is 0.211. The standard InChI is InChI=1S/C19H20N4O3S/c1-13(26-14-8-4-3-5-9-14)18-21-22-19(23(18)2)27-12-17(25)20-15-10-6-7-11-16(15)24/h3-11,13,24H,12H2,1-2H3,(H,20,25). The summed E-state index contributed by atoms with van der Waals surface area (Å²) in [7, 11) is 1.84. The van der Waals surface area contributed by atoms with Crippen LogP contribution in [0.1, 0.15) is 18.9 Å². The minimum Gasteiger partial charge on any atom is -0.506 e. The Morgan fingerprint density at radius 1 is 1.19 bits per heavy atom. The normalized spacial score (nSPS) is 11.8. The maximum atomic E-state index is 12.1. The molecule has 3 rings (SSSR count). The number of carbonyl (C=O) groups is 1. The fourth-order valence-electron chi connectivity index (χ4n) is 2.46. The molecule has 0 aliphatic carbocycles. The number of anilines is 1. The largest absolute Gasteiger partial charge is 0.506 e. The van der Waals surface area contributed by atoms with Gasteiger partial charge in [0.15, 0.2) is 17.1 Å². The highest BCUT2D eigenvalue weighted by atomic mass is 32.2. The summed E-state index contributed by atoms with van der Waals surface area (Å²) in [4.78, 5) is 12.1. The molecule has 1 aromatic heterocycles. The number of aromatic hydroxyl groups is 1. The molecule has 0 radical (unpaired) electrons. The van der Waals surface area contributed by atoms with Crippen LogP contribution in [0.15, 0.2) is 59.8 Å². The van der Waals surface area contributed by atoms with Gasteiger partial charge in [0.05, 0.1) is 11.4 Å². The monoisotopic (exact) mass is 384 g/mol. The molecule has 1 unspecified atom stereocenters. The molecule has 2 aromatic carbocycles. The number of carbonyl (C=O) groups excluding carboxylic acids is 1. The quantitative estimate of drug-likeness (QED) is 0.479. The van der Waals surface area contributed by atoms with Gasteiger partial charge in [-0.3, -0.25) is 4.79 Å². The van der Waals surface area contributed by atoms with Gasteiger partial charge >= 0.3 is 0 Å². The van der Waals surface area contributed by atoms with Crippen molar-refractivity contribution in [3.63, 3.8) is 0 Å². The van der Waals surface area contributed by atoms with Crippen molar-refractivity contribution in [3.05, 3.63) is 60.4 Å². The number of ether oxygens (including phenoxy) is 1. The van der Waals surface area contributed by atoms with Crippen LogP contribution in [0, 0.1) is 0 Å². The number of amides is 1. The summed E-state index contributed by atoms with van der Waals surface area (Å²) >= 11 is 1.26. The number of aromatic nitrogens is 3. The number of rotatable bonds is 7. The Morgan fingerprint density at radius 2 is 1.89 bits per heavy atom. The van der Waals surface area contributed by atoms with Gasteiger partial charge in [0.25, 0.3) is 0 Å². The Kier molecular flexibility index (Phi) is 5.97. The van der Waals surface area contributed by atoms with Crippen LogP contribution in [0.25, 0.3) is 0 Å². The van der Waals surface area contributed by atoms with Crippen molar-refractivity contribution >= 4 is 23.4 Å². The van der Waals surface area contributed by atoms with Crippen molar-refractivity contribution in [1.82, 2.24) is 14.8 Å². The molecular weight excluding hydrogens is 364 g/mol. The van der Waals surface area contributed by atoms with Crippen molar-refractivity contribution in [2.75, 3.05) is 11.1 Å². The first-order valence-electron chi connectivity index (χ1n) is 8.36. The van der Waals surface area contributed by atoms with E-state index in [1.54, 1.807) is 18.2 Å². The number of nitrogens with zero attached hydrogens (tertiary/aromatic N) is 3. The first kappa shape index (κ1) is 18.8. The molecule has 1 atom stereocenters. The fourth-order valence-corrected chi connectivity index (χ4v) is 3.18. The van der Waals surface area contributed by atoms with Gasteiger partial charge in [-0.25, -0.2) is 0 Å². The molecule has 0 bridgehead atoms. The van der Waals surface area contributed by atoms with Crippen molar-refractivity contribution in [2.24, 2.45) is 7.05 Å². The molecule has 0 saturated heterocycles. The number of hydrogen-bond donors (Lipinski definition) is 2. The predicted molar refractivity (Wildman–Crippen MR) is 104 cm³/mol. The summed E-state index contributed by atoms with van der Waals surface area (Å²) in [6, 6.07) is 16.1. The Bertz CT molecular complexity index is 914. The molecule has 8 heteroatoms. The molecule has 1 amide bonds. The molecule has 3 aromatic rings. The lowest BCUT2D eigenvalue weighted by molar-refractivity contribution is -0.113. The summed E-state index contributed by atoms with van der Waals surface area (Å²) in [5.41, 5.74) is 0.381. The molecule has 0 fully saturated rings. The van der Waals surface area contributed by atoms with E-state index in [1.807, 2.05) is 48.9 Å². The van der Waals surface area contributed by atoms with Crippen LogP contribution >= 0.6 is 11.8 Å². The third-order valence-corrected chi connectivity index (χ3v) is 4.82. The van der Waals surface area contributed by atoms with Crippen molar-refractivity contribution in [2.45, 2.75) is 18.2 Å². The Hall–Kier alpha value is -3.00. The predicted octanol–water partition coefficient (Wildman–Crippen LogP) is 3.39. The van der Waals surface area contributed by atoms with Gasteiger partial charge in [-0.15, -0.1) is 10.2 Å². The van der Waals surface area contributed by atoms with Gasteiger partial charge in [0.2, 0.25) is 5.91 Å². The second kappa shape index (κ2) is 8.59. The van der Waals surface area contributed by atoms with Gasteiger partial charge < -0.3 is 19.7 Å². The van der Waals surface area contributed by atoms with Crippen LogP contribution in [0.2, 0.25) is 0 Å². The van der Waals surface area contributed by atoms with E-state index < -0.39 is 0 Å². The highest BCUT2D eigenvalue weighted by Crippen LogP contribution is 2.25. The van der Waals surface area contributed by atoms with E-state index in [9.17, 15) is 9.90 Å². The van der Waals surface area contributed by atoms with Gasteiger partial charge in [0.1, 0.15) is 11.5 Å². The summed E-state index contributed by atoms with van der Waals surface area (Å²) in [5.74, 6) is 1.36. The summed E-state index contributed by atoms with van der Waals surface area (Å²) in [6.07, 6.45) is -0.283. The molecule has 2 N–H and O–H groups in total. The van der Waals surface area contributed by atoms with Gasteiger partial charge in [-0.1, -0.05) is 42.1 Å². The Labute approximate surface area is 161 Å². The highest BCUT2D eigenvalue weighted by Gasteiger charge is 2.18. The molecular formula is C19H20N4O3S. The van der Waals surface area contributed by atoms with Crippen molar-refractivity contribution in [1.29, 1.82) is 0 Å². The maximum Gasteiger partial charge on any atom is 0.234 e. The minimum atomic E-state index is -0.283. The zero-order valence-electron chi connectivity index (χ0n) is 15.0. The second-order valence-corrected chi connectivity index (χ2v) is 6.77. The van der Waals surface area contributed by atoms with E-state index in [2.05, 4.69) is 15.5 Å². The van der Waals surface area contributed by atoms with Crippen LogP contribution in [0.3, 0.4) is 0 Å². The summed E-state index contributed by atoms with van der Waals surface area (Å²) in [5, 5.41) is 21.3. The molecule has 1 heterocycles. The maximum absolute atomic E-state index is 12.1. The summed E-state index contributed by atoms with van der Waals surface area (Å²) < 4.78 is 7.68. The van der Waals surface area contributed by atoms with E-state index in [0.29, 0.717) is 16.7 Å². The van der Waals surface area contributed by atoms with Gasteiger partial charge in [-0.05, 0) is 31.2 Å². The van der Waals surface area contributed by atoms with E-state index in [1.165, 1.54) is 17.8 Å². The third kappa shape index (κ3) is 4.79. The molecule has 0 aliphatic heterocycles. The lowest BCUT2D eigenvalue weighted by atomic mass is 10.3. The number of thioether (sulfide) groups is 1. The van der Waals surface area contributed by atoms with Gasteiger partial charge in [-0.2, -0.15) is 0 Å². The first-order chi connectivity index (χ1) is 13.0. The SMILES string of the molecule is CC(Oc1ccccc1)c1nnc(SCC(=O)Nc2ccccc2O)n1C. The van der Waals surface area contributed by atoms with E-state index >= 15 is 0 Å². The number of phenolic OH excluding ortho intramolecular Hbond substituents is 1. The lowest BCUT2D eigenvalue weighted by Gasteiger charge is -2.14. The van der Waals surface area contributed by atoms with E-state index in [-0.39, 0.29) is 23.5 Å². The molecule has 7 nitrogen and oxygen atoms in total. The van der Waals surface area contributed by atoms with Crippen molar-refractivity contribution in [3.8, 4) is 11.5 Å².